The predicted molar refractivity (Wildman–Crippen MR) is 102 cm³/mol. The highest BCUT2D eigenvalue weighted by Crippen LogP contribution is 2.53. The van der Waals surface area contributed by atoms with Crippen LogP contribution in [0.3, 0.4) is 0 Å². The van der Waals surface area contributed by atoms with Gasteiger partial charge < -0.3 is 10.1 Å². The molecule has 1 amide bonds. The number of hydrogen-bond donors (Lipinski definition) is 1. The second-order valence-electron chi connectivity index (χ2n) is 6.57. The molecule has 12 heteroatoms. The Kier molecular flexibility index (Phi) is 6.38. The van der Waals surface area contributed by atoms with Crippen LogP contribution < -0.4 is 5.32 Å². The molecule has 3 aromatic rings. The highest BCUT2D eigenvalue weighted by atomic mass is 19.4. The summed E-state index contributed by atoms with van der Waals surface area (Å²) < 4.78 is 87.4. The molecule has 1 aromatic carbocycles. The number of pyridine rings is 2. The molecule has 0 aliphatic rings. The quantitative estimate of drug-likeness (QED) is 0.425. The van der Waals surface area contributed by atoms with Crippen LogP contribution in [0.15, 0.2) is 73.3 Å². The molecule has 0 unspecified atom stereocenters. The number of anilines is 1. The second-order valence-corrected chi connectivity index (χ2v) is 6.57. The topological polar surface area (TPSA) is 81.2 Å². The summed E-state index contributed by atoms with van der Waals surface area (Å²) in [6.07, 6.45) is -7.43. The number of nitrogens with zero attached hydrogens (tertiary/aromatic N) is 2. The molecular weight excluding hydrogens is 456 g/mol. The van der Waals surface area contributed by atoms with E-state index in [9.17, 15) is 35.9 Å². The average Bonchev–Trinajstić information content (AvgIpc) is 2.77. The van der Waals surface area contributed by atoms with Gasteiger partial charge in [-0.2, -0.15) is 26.3 Å². The van der Waals surface area contributed by atoms with Crippen molar-refractivity contribution in [1.82, 2.24) is 9.97 Å². The molecule has 0 radical (unpaired) electrons. The van der Waals surface area contributed by atoms with Gasteiger partial charge in [-0.05, 0) is 36.4 Å². The van der Waals surface area contributed by atoms with Crippen LogP contribution in [-0.4, -0.2) is 34.2 Å². The van der Waals surface area contributed by atoms with E-state index in [-0.39, 0.29) is 11.3 Å². The fourth-order valence-corrected chi connectivity index (χ4v) is 2.84. The van der Waals surface area contributed by atoms with Gasteiger partial charge in [0.25, 0.3) is 5.91 Å². The minimum absolute atomic E-state index is 0.0840. The number of rotatable bonds is 5. The van der Waals surface area contributed by atoms with Gasteiger partial charge in [0.05, 0.1) is 5.56 Å². The minimum Gasteiger partial charge on any atom is -0.431 e. The van der Waals surface area contributed by atoms with Gasteiger partial charge in [0, 0.05) is 41.6 Å². The van der Waals surface area contributed by atoms with Crippen molar-refractivity contribution < 1.29 is 40.7 Å². The number of amides is 1. The molecule has 2 aromatic heterocycles. The van der Waals surface area contributed by atoms with E-state index in [4.69, 9.17) is 0 Å². The van der Waals surface area contributed by atoms with Crippen LogP contribution in [0.25, 0.3) is 0 Å². The number of halogens is 6. The fourth-order valence-electron chi connectivity index (χ4n) is 2.84. The van der Waals surface area contributed by atoms with Gasteiger partial charge in [0.2, 0.25) is 0 Å². The summed E-state index contributed by atoms with van der Waals surface area (Å²) in [5.41, 5.74) is -6.82. The lowest BCUT2D eigenvalue weighted by Gasteiger charge is -2.36. The number of esters is 1. The van der Waals surface area contributed by atoms with Gasteiger partial charge in [-0.3, -0.25) is 14.8 Å². The molecule has 0 bridgehead atoms. The van der Waals surface area contributed by atoms with Crippen LogP contribution in [0.2, 0.25) is 0 Å². The van der Waals surface area contributed by atoms with Gasteiger partial charge in [-0.25, -0.2) is 4.79 Å². The van der Waals surface area contributed by atoms with Crippen LogP contribution in [0.4, 0.5) is 32.0 Å². The van der Waals surface area contributed by atoms with Crippen molar-refractivity contribution in [3.8, 4) is 0 Å². The molecule has 33 heavy (non-hydrogen) atoms. The number of ether oxygens (including phenoxy) is 1. The van der Waals surface area contributed by atoms with E-state index < -0.39 is 41.0 Å². The lowest BCUT2D eigenvalue weighted by Crippen LogP contribution is -2.56. The first-order valence-corrected chi connectivity index (χ1v) is 9.04. The Morgan fingerprint density at radius 2 is 1.15 bits per heavy atom. The van der Waals surface area contributed by atoms with Crippen molar-refractivity contribution in [2.45, 2.75) is 18.0 Å². The van der Waals surface area contributed by atoms with Crippen molar-refractivity contribution in [2.75, 3.05) is 5.32 Å². The molecule has 3 rings (SSSR count). The Balaban J connectivity index is 1.98. The Labute approximate surface area is 182 Å². The number of aromatic nitrogens is 2. The predicted octanol–water partition coefficient (Wildman–Crippen LogP) is 4.91. The van der Waals surface area contributed by atoms with E-state index in [0.717, 1.165) is 36.7 Å². The highest BCUT2D eigenvalue weighted by molar-refractivity contribution is 6.04. The van der Waals surface area contributed by atoms with Crippen LogP contribution in [0, 0.1) is 0 Å². The lowest BCUT2D eigenvalue weighted by molar-refractivity contribution is -0.373. The van der Waals surface area contributed by atoms with E-state index in [1.54, 1.807) is 0 Å². The molecule has 0 atom stereocenters. The van der Waals surface area contributed by atoms with E-state index in [0.29, 0.717) is 12.1 Å². The highest BCUT2D eigenvalue weighted by Gasteiger charge is 2.75. The molecular formula is C21H13F6N3O3. The summed E-state index contributed by atoms with van der Waals surface area (Å²) >= 11 is 0. The number of hydrogen-bond acceptors (Lipinski definition) is 5. The van der Waals surface area contributed by atoms with Gasteiger partial charge in [-0.1, -0.05) is 12.1 Å². The Morgan fingerprint density at radius 3 is 1.61 bits per heavy atom. The first-order chi connectivity index (χ1) is 15.5. The normalized spacial score (nSPS) is 12.2. The van der Waals surface area contributed by atoms with E-state index in [2.05, 4.69) is 20.0 Å². The molecule has 0 saturated heterocycles. The Morgan fingerprint density at radius 1 is 0.697 bits per heavy atom. The van der Waals surface area contributed by atoms with Crippen molar-refractivity contribution in [2.24, 2.45) is 0 Å². The van der Waals surface area contributed by atoms with Crippen molar-refractivity contribution in [3.05, 3.63) is 90.0 Å². The maximum atomic E-state index is 13.9. The number of nitrogens with one attached hydrogen (secondary N) is 1. The van der Waals surface area contributed by atoms with E-state index in [1.807, 2.05) is 0 Å². The van der Waals surface area contributed by atoms with E-state index in [1.165, 1.54) is 24.5 Å². The third-order valence-corrected chi connectivity index (χ3v) is 4.45. The standard InChI is InChI=1S/C21H13F6N3O3/c22-20(23,24)19(21(25,26)27,33-18(32)14-7-11-29-12-8-14)15-1-3-16(4-2-15)30-17(31)13-5-9-28-10-6-13/h1-12H,(H,30,31). The monoisotopic (exact) mass is 469 g/mol. The van der Waals surface area contributed by atoms with Gasteiger partial charge in [0.1, 0.15) is 0 Å². The molecule has 0 aliphatic heterocycles. The lowest BCUT2D eigenvalue weighted by atomic mass is 9.91. The van der Waals surface area contributed by atoms with Gasteiger partial charge >= 0.3 is 23.9 Å². The van der Waals surface area contributed by atoms with Crippen LogP contribution in [0.5, 0.6) is 0 Å². The maximum Gasteiger partial charge on any atom is 0.442 e. The van der Waals surface area contributed by atoms with Crippen LogP contribution >= 0.6 is 0 Å². The number of benzene rings is 1. The SMILES string of the molecule is O=C(Nc1ccc(C(OC(=O)c2ccncc2)(C(F)(F)F)C(F)(F)F)cc1)c1ccncc1. The molecule has 0 aliphatic carbocycles. The van der Waals surface area contributed by atoms with Gasteiger partial charge in [-0.15, -0.1) is 0 Å². The zero-order valence-electron chi connectivity index (χ0n) is 16.3. The molecule has 0 spiro atoms. The number of carbonyl (C=O) groups excluding carboxylic acids is 2. The van der Waals surface area contributed by atoms with Crippen molar-refractivity contribution in [1.29, 1.82) is 0 Å². The molecule has 6 nitrogen and oxygen atoms in total. The molecule has 2 heterocycles. The Bertz CT molecular complexity index is 1100. The zero-order chi connectivity index (χ0) is 24.3. The van der Waals surface area contributed by atoms with Crippen LogP contribution in [0.1, 0.15) is 26.3 Å². The zero-order valence-corrected chi connectivity index (χ0v) is 16.3. The molecule has 0 fully saturated rings. The summed E-state index contributed by atoms with van der Waals surface area (Å²) in [6, 6.07) is 7.17. The summed E-state index contributed by atoms with van der Waals surface area (Å²) in [7, 11) is 0. The number of alkyl halides is 6. The minimum atomic E-state index is -6.06. The summed E-state index contributed by atoms with van der Waals surface area (Å²) in [4.78, 5) is 31.6. The fraction of sp³-hybridized carbons (Fsp3) is 0.143. The summed E-state index contributed by atoms with van der Waals surface area (Å²) in [6.45, 7) is 0. The van der Waals surface area contributed by atoms with Crippen molar-refractivity contribution in [3.63, 3.8) is 0 Å². The second kappa shape index (κ2) is 8.88. The molecule has 0 saturated carbocycles. The van der Waals surface area contributed by atoms with E-state index >= 15 is 0 Å². The Hall–Kier alpha value is -3.96. The van der Waals surface area contributed by atoms with Gasteiger partial charge in [0.15, 0.2) is 0 Å². The summed E-state index contributed by atoms with van der Waals surface area (Å²) in [5, 5.41) is 2.34. The van der Waals surface area contributed by atoms with Crippen molar-refractivity contribution >= 4 is 17.6 Å². The first-order valence-electron chi connectivity index (χ1n) is 9.04. The summed E-state index contributed by atoms with van der Waals surface area (Å²) in [5.74, 6) is -2.51. The molecule has 1 N–H and O–H groups in total. The third kappa shape index (κ3) is 4.78. The first kappa shape index (κ1) is 23.7. The van der Waals surface area contributed by atoms with Crippen LogP contribution in [-0.2, 0) is 10.3 Å². The molecule has 172 valence electrons. The average molecular weight is 469 g/mol. The smallest absolute Gasteiger partial charge is 0.431 e. The maximum absolute atomic E-state index is 13.9. The third-order valence-electron chi connectivity index (χ3n) is 4.45. The number of carbonyl (C=O) groups is 2. The largest absolute Gasteiger partial charge is 0.442 e.